The van der Waals surface area contributed by atoms with Gasteiger partial charge in [-0.05, 0) is 26.8 Å². The molecular formula is C14H23N5. The molecule has 0 bridgehead atoms. The molecule has 0 aromatic carbocycles. The van der Waals surface area contributed by atoms with E-state index in [9.17, 15) is 0 Å². The first-order valence-corrected chi connectivity index (χ1v) is 6.61. The number of aryl methyl sites for hydroxylation is 1. The Morgan fingerprint density at radius 3 is 2.74 bits per heavy atom. The summed E-state index contributed by atoms with van der Waals surface area (Å²) in [5.41, 5.74) is 2.22. The van der Waals surface area contributed by atoms with Crippen LogP contribution in [0.1, 0.15) is 20.8 Å². The molecule has 104 valence electrons. The average molecular weight is 261 g/mol. The van der Waals surface area contributed by atoms with Gasteiger partial charge in [0, 0.05) is 38.9 Å². The highest BCUT2D eigenvalue weighted by molar-refractivity contribution is 5.86. The van der Waals surface area contributed by atoms with E-state index in [0.717, 1.165) is 29.9 Å². The molecular weight excluding hydrogens is 238 g/mol. The Hall–Kier alpha value is -1.62. The Bertz CT molecular complexity index is 552. The number of rotatable bonds is 4. The van der Waals surface area contributed by atoms with Crippen molar-refractivity contribution in [2.45, 2.75) is 26.3 Å². The van der Waals surface area contributed by atoms with Gasteiger partial charge in [-0.25, -0.2) is 9.97 Å². The Morgan fingerprint density at radius 1 is 1.32 bits per heavy atom. The summed E-state index contributed by atoms with van der Waals surface area (Å²) in [4.78, 5) is 11.0. The highest BCUT2D eigenvalue weighted by Gasteiger charge is 2.12. The summed E-state index contributed by atoms with van der Waals surface area (Å²) >= 11 is 0. The second-order valence-corrected chi connectivity index (χ2v) is 5.96. The summed E-state index contributed by atoms with van der Waals surface area (Å²) in [6, 6.07) is 1.99. The summed E-state index contributed by atoms with van der Waals surface area (Å²) < 4.78 is 2.02. The summed E-state index contributed by atoms with van der Waals surface area (Å²) in [7, 11) is 4.06. The van der Waals surface area contributed by atoms with Gasteiger partial charge in [0.25, 0.3) is 0 Å². The number of fused-ring (bicyclic) bond motifs is 1. The molecule has 0 unspecified atom stereocenters. The fraction of sp³-hybridized carbons (Fsp3) is 0.571. The predicted molar refractivity (Wildman–Crippen MR) is 79.5 cm³/mol. The molecule has 19 heavy (non-hydrogen) atoms. The van der Waals surface area contributed by atoms with Gasteiger partial charge in [0.15, 0.2) is 5.82 Å². The number of anilines is 1. The third kappa shape index (κ3) is 3.23. The fourth-order valence-electron chi connectivity index (χ4n) is 2.03. The minimum atomic E-state index is 0.144. The van der Waals surface area contributed by atoms with Crippen LogP contribution < -0.4 is 10.2 Å². The Kier molecular flexibility index (Phi) is 3.75. The molecule has 0 aliphatic heterocycles. The van der Waals surface area contributed by atoms with Crippen molar-refractivity contribution in [2.24, 2.45) is 7.05 Å². The zero-order chi connectivity index (χ0) is 14.0. The second-order valence-electron chi connectivity index (χ2n) is 5.96. The van der Waals surface area contributed by atoms with Gasteiger partial charge in [-0.3, -0.25) is 0 Å². The van der Waals surface area contributed by atoms with Gasteiger partial charge < -0.3 is 14.8 Å². The van der Waals surface area contributed by atoms with E-state index in [2.05, 4.69) is 48.0 Å². The van der Waals surface area contributed by atoms with Crippen LogP contribution in [0.25, 0.3) is 11.0 Å². The minimum absolute atomic E-state index is 0.144. The molecule has 0 saturated carbocycles. The van der Waals surface area contributed by atoms with Crippen molar-refractivity contribution in [3.63, 3.8) is 0 Å². The number of imidazole rings is 1. The van der Waals surface area contributed by atoms with E-state index in [1.54, 1.807) is 0 Å². The molecule has 5 nitrogen and oxygen atoms in total. The van der Waals surface area contributed by atoms with Gasteiger partial charge in [0.05, 0.1) is 11.8 Å². The predicted octanol–water partition coefficient (Wildman–Crippen LogP) is 1.79. The van der Waals surface area contributed by atoms with Gasteiger partial charge in [-0.15, -0.1) is 0 Å². The van der Waals surface area contributed by atoms with Crippen molar-refractivity contribution in [3.8, 4) is 0 Å². The maximum atomic E-state index is 4.46. The third-order valence-electron chi connectivity index (χ3n) is 3.09. The maximum absolute atomic E-state index is 4.46. The van der Waals surface area contributed by atoms with Crippen LogP contribution >= 0.6 is 0 Å². The molecule has 0 fully saturated rings. The molecule has 2 aromatic heterocycles. The smallest absolute Gasteiger partial charge is 0.156 e. The highest BCUT2D eigenvalue weighted by atomic mass is 15.2. The number of hydrogen-bond donors (Lipinski definition) is 1. The van der Waals surface area contributed by atoms with Crippen molar-refractivity contribution < 1.29 is 0 Å². The zero-order valence-corrected chi connectivity index (χ0v) is 12.4. The van der Waals surface area contributed by atoms with E-state index in [1.807, 2.05) is 30.2 Å². The van der Waals surface area contributed by atoms with E-state index in [-0.39, 0.29) is 5.54 Å². The maximum Gasteiger partial charge on any atom is 0.156 e. The fourth-order valence-corrected chi connectivity index (χ4v) is 2.03. The Labute approximate surface area is 114 Å². The largest absolute Gasteiger partial charge is 0.357 e. The van der Waals surface area contributed by atoms with Crippen molar-refractivity contribution in [1.29, 1.82) is 0 Å². The molecule has 5 heteroatoms. The lowest BCUT2D eigenvalue weighted by Crippen LogP contribution is -2.40. The number of likely N-dealkylation sites (N-methyl/N-ethyl adjacent to an activating group) is 1. The number of pyridine rings is 1. The molecule has 1 N–H and O–H groups in total. The first-order chi connectivity index (χ1) is 8.88. The van der Waals surface area contributed by atoms with Gasteiger partial charge >= 0.3 is 0 Å². The standard InChI is InChI=1S/C14H23N5/c1-14(2,3)17-8-9-18(4)13-12-11(6-7-15-13)19(5)10-16-12/h6-7,10,17H,8-9H2,1-5H3. The molecule has 0 radical (unpaired) electrons. The highest BCUT2D eigenvalue weighted by Crippen LogP contribution is 2.21. The topological polar surface area (TPSA) is 46.0 Å². The third-order valence-corrected chi connectivity index (χ3v) is 3.09. The van der Waals surface area contributed by atoms with Crippen LogP contribution in [0.5, 0.6) is 0 Å². The molecule has 0 spiro atoms. The number of aromatic nitrogens is 3. The molecule has 0 saturated heterocycles. The number of nitrogens with one attached hydrogen (secondary N) is 1. The summed E-state index contributed by atoms with van der Waals surface area (Å²) in [6.45, 7) is 8.34. The van der Waals surface area contributed by atoms with Gasteiger partial charge in [0.1, 0.15) is 5.52 Å². The van der Waals surface area contributed by atoms with Crippen LogP contribution in [-0.2, 0) is 7.05 Å². The van der Waals surface area contributed by atoms with Crippen LogP contribution in [0.2, 0.25) is 0 Å². The molecule has 2 aromatic rings. The van der Waals surface area contributed by atoms with Crippen molar-refractivity contribution in [2.75, 3.05) is 25.0 Å². The summed E-state index contributed by atoms with van der Waals surface area (Å²) in [5, 5.41) is 3.48. The average Bonchev–Trinajstić information content (AvgIpc) is 2.69. The number of hydrogen-bond acceptors (Lipinski definition) is 4. The molecule has 2 heterocycles. The van der Waals surface area contributed by atoms with Gasteiger partial charge in [-0.2, -0.15) is 0 Å². The molecule has 0 amide bonds. The van der Waals surface area contributed by atoms with E-state index < -0.39 is 0 Å². The van der Waals surface area contributed by atoms with Crippen LogP contribution in [-0.4, -0.2) is 40.2 Å². The Morgan fingerprint density at radius 2 is 2.05 bits per heavy atom. The minimum Gasteiger partial charge on any atom is -0.357 e. The monoisotopic (exact) mass is 261 g/mol. The van der Waals surface area contributed by atoms with Crippen LogP contribution in [0, 0.1) is 0 Å². The second kappa shape index (κ2) is 5.17. The van der Waals surface area contributed by atoms with Crippen LogP contribution in [0.4, 0.5) is 5.82 Å². The summed E-state index contributed by atoms with van der Waals surface area (Å²) in [5.74, 6) is 0.939. The first kappa shape index (κ1) is 13.8. The zero-order valence-electron chi connectivity index (χ0n) is 12.4. The molecule has 0 aliphatic carbocycles. The van der Waals surface area contributed by atoms with Gasteiger partial charge in [0.2, 0.25) is 0 Å². The lowest BCUT2D eigenvalue weighted by molar-refractivity contribution is 0.430. The normalized spacial score (nSPS) is 12.1. The van der Waals surface area contributed by atoms with E-state index in [1.165, 1.54) is 0 Å². The molecule has 0 aliphatic rings. The van der Waals surface area contributed by atoms with Crippen LogP contribution in [0.15, 0.2) is 18.6 Å². The first-order valence-electron chi connectivity index (χ1n) is 6.61. The quantitative estimate of drug-likeness (QED) is 0.911. The van der Waals surface area contributed by atoms with Crippen molar-refractivity contribution in [1.82, 2.24) is 19.9 Å². The van der Waals surface area contributed by atoms with Crippen molar-refractivity contribution >= 4 is 16.9 Å². The van der Waals surface area contributed by atoms with E-state index >= 15 is 0 Å². The Balaban J connectivity index is 2.11. The van der Waals surface area contributed by atoms with Gasteiger partial charge in [-0.1, -0.05) is 0 Å². The SMILES string of the molecule is CN(CCNC(C)(C)C)c1nccc2c1ncn2C. The number of nitrogens with zero attached hydrogens (tertiary/aromatic N) is 4. The molecule has 2 rings (SSSR count). The van der Waals surface area contributed by atoms with Crippen molar-refractivity contribution in [3.05, 3.63) is 18.6 Å². The van der Waals surface area contributed by atoms with E-state index in [0.29, 0.717) is 0 Å². The lowest BCUT2D eigenvalue weighted by Gasteiger charge is -2.24. The van der Waals surface area contributed by atoms with Crippen LogP contribution in [0.3, 0.4) is 0 Å². The summed E-state index contributed by atoms with van der Waals surface area (Å²) in [6.07, 6.45) is 3.67. The van der Waals surface area contributed by atoms with E-state index in [4.69, 9.17) is 0 Å². The lowest BCUT2D eigenvalue weighted by atomic mass is 10.1. The molecule has 0 atom stereocenters.